The lowest BCUT2D eigenvalue weighted by Gasteiger charge is -2.18. The lowest BCUT2D eigenvalue weighted by atomic mass is 10.1. The number of hydrogen-bond acceptors (Lipinski definition) is 3. The van der Waals surface area contributed by atoms with E-state index in [2.05, 4.69) is 11.9 Å². The van der Waals surface area contributed by atoms with E-state index in [9.17, 15) is 4.79 Å². The van der Waals surface area contributed by atoms with Crippen LogP contribution in [0.5, 0.6) is 11.5 Å². The summed E-state index contributed by atoms with van der Waals surface area (Å²) in [4.78, 5) is 12.5. The predicted octanol–water partition coefficient (Wildman–Crippen LogP) is 4.66. The molecule has 0 heterocycles. The zero-order chi connectivity index (χ0) is 18.2. The number of carbonyl (C=O) groups excluding carboxylic acids is 1. The van der Waals surface area contributed by atoms with Crippen LogP contribution >= 0.6 is 0 Å². The Balaban J connectivity index is 2.04. The molecule has 0 fully saturated rings. The normalized spacial score (nSPS) is 11.5. The number of carbonyl (C=O) groups is 1. The zero-order valence-corrected chi connectivity index (χ0v) is 15.0. The zero-order valence-electron chi connectivity index (χ0n) is 15.0. The largest absolute Gasteiger partial charge is 0.489 e. The summed E-state index contributed by atoms with van der Waals surface area (Å²) < 4.78 is 11.4. The van der Waals surface area contributed by atoms with E-state index in [4.69, 9.17) is 9.47 Å². The topological polar surface area (TPSA) is 47.6 Å². The van der Waals surface area contributed by atoms with Crippen LogP contribution in [0.3, 0.4) is 0 Å². The molecule has 132 valence electrons. The molecular formula is C21H25NO3. The molecule has 0 aromatic heterocycles. The SMILES string of the molecule is C=CCOc1cccc(NC(=O)[C@@H](CC)Oc2ccc(C)c(C)c2)c1. The van der Waals surface area contributed by atoms with E-state index >= 15 is 0 Å². The summed E-state index contributed by atoms with van der Waals surface area (Å²) in [5.41, 5.74) is 3.01. The number of ether oxygens (including phenoxy) is 2. The smallest absolute Gasteiger partial charge is 0.265 e. The Kier molecular flexibility index (Phi) is 6.63. The third-order valence-electron chi connectivity index (χ3n) is 3.89. The summed E-state index contributed by atoms with van der Waals surface area (Å²) in [6.07, 6.45) is 1.70. The van der Waals surface area contributed by atoms with Gasteiger partial charge in [0.1, 0.15) is 18.1 Å². The molecule has 25 heavy (non-hydrogen) atoms. The maximum atomic E-state index is 12.5. The van der Waals surface area contributed by atoms with E-state index in [0.717, 1.165) is 5.56 Å². The molecule has 0 bridgehead atoms. The fourth-order valence-corrected chi connectivity index (χ4v) is 2.32. The van der Waals surface area contributed by atoms with Crippen molar-refractivity contribution in [2.24, 2.45) is 0 Å². The lowest BCUT2D eigenvalue weighted by Crippen LogP contribution is -2.32. The van der Waals surface area contributed by atoms with Crippen molar-refractivity contribution in [2.75, 3.05) is 11.9 Å². The van der Waals surface area contributed by atoms with Gasteiger partial charge < -0.3 is 14.8 Å². The molecule has 0 radical (unpaired) electrons. The van der Waals surface area contributed by atoms with E-state index in [1.165, 1.54) is 5.56 Å². The van der Waals surface area contributed by atoms with Crippen LogP contribution in [-0.2, 0) is 4.79 Å². The average Bonchev–Trinajstić information content (AvgIpc) is 2.61. The molecule has 2 aromatic carbocycles. The second kappa shape index (κ2) is 8.92. The van der Waals surface area contributed by atoms with Crippen LogP contribution in [0, 0.1) is 13.8 Å². The minimum Gasteiger partial charge on any atom is -0.489 e. The van der Waals surface area contributed by atoms with Crippen LogP contribution in [0.2, 0.25) is 0 Å². The van der Waals surface area contributed by atoms with Gasteiger partial charge in [-0.25, -0.2) is 0 Å². The molecule has 0 saturated heterocycles. The third-order valence-corrected chi connectivity index (χ3v) is 3.89. The minimum atomic E-state index is -0.556. The maximum absolute atomic E-state index is 12.5. The van der Waals surface area contributed by atoms with Crippen molar-refractivity contribution in [1.29, 1.82) is 0 Å². The first-order chi connectivity index (χ1) is 12.0. The Bertz CT molecular complexity index is 740. The van der Waals surface area contributed by atoms with Gasteiger partial charge in [-0.15, -0.1) is 0 Å². The molecule has 0 aliphatic heterocycles. The van der Waals surface area contributed by atoms with E-state index in [1.54, 1.807) is 12.1 Å². The van der Waals surface area contributed by atoms with Crippen LogP contribution in [-0.4, -0.2) is 18.6 Å². The van der Waals surface area contributed by atoms with Gasteiger partial charge in [-0.05, 0) is 55.7 Å². The molecular weight excluding hydrogens is 314 g/mol. The summed E-state index contributed by atoms with van der Waals surface area (Å²) >= 11 is 0. The number of anilines is 1. The predicted molar refractivity (Wildman–Crippen MR) is 101 cm³/mol. The molecule has 1 atom stereocenters. The Labute approximate surface area is 149 Å². The Morgan fingerprint density at radius 2 is 1.96 bits per heavy atom. The summed E-state index contributed by atoms with van der Waals surface area (Å²) in [5.74, 6) is 1.20. The number of hydrogen-bond donors (Lipinski definition) is 1. The summed E-state index contributed by atoms with van der Waals surface area (Å²) in [7, 11) is 0. The standard InChI is InChI=1S/C21H25NO3/c1-5-12-24-18-9-7-8-17(14-18)22-21(23)20(6-2)25-19-11-10-15(3)16(4)13-19/h5,7-11,13-14,20H,1,6,12H2,2-4H3,(H,22,23)/t20-/m1/s1. The highest BCUT2D eigenvalue weighted by atomic mass is 16.5. The van der Waals surface area contributed by atoms with Gasteiger partial charge in [0, 0.05) is 11.8 Å². The summed E-state index contributed by atoms with van der Waals surface area (Å²) in [5, 5.41) is 2.89. The second-order valence-corrected chi connectivity index (χ2v) is 5.88. The molecule has 4 nitrogen and oxygen atoms in total. The quantitative estimate of drug-likeness (QED) is 0.711. The number of rotatable bonds is 8. The first-order valence-electron chi connectivity index (χ1n) is 8.42. The minimum absolute atomic E-state index is 0.179. The molecule has 1 amide bonds. The van der Waals surface area contributed by atoms with Gasteiger partial charge in [-0.3, -0.25) is 4.79 Å². The summed E-state index contributed by atoms with van der Waals surface area (Å²) in [6, 6.07) is 13.1. The van der Waals surface area contributed by atoms with Gasteiger partial charge >= 0.3 is 0 Å². The first-order valence-corrected chi connectivity index (χ1v) is 8.42. The van der Waals surface area contributed by atoms with Crippen LogP contribution in [0.25, 0.3) is 0 Å². The van der Waals surface area contributed by atoms with Crippen LogP contribution in [0.15, 0.2) is 55.1 Å². The summed E-state index contributed by atoms with van der Waals surface area (Å²) in [6.45, 7) is 10.0. The maximum Gasteiger partial charge on any atom is 0.265 e. The Hall–Kier alpha value is -2.75. The van der Waals surface area contributed by atoms with Crippen molar-refractivity contribution in [3.63, 3.8) is 0 Å². The Morgan fingerprint density at radius 1 is 1.16 bits per heavy atom. The number of amides is 1. The van der Waals surface area contributed by atoms with Crippen LogP contribution in [0.1, 0.15) is 24.5 Å². The van der Waals surface area contributed by atoms with Crippen LogP contribution < -0.4 is 14.8 Å². The number of aryl methyl sites for hydroxylation is 2. The molecule has 4 heteroatoms. The van der Waals surface area contributed by atoms with Gasteiger partial charge in [-0.1, -0.05) is 31.7 Å². The van der Waals surface area contributed by atoms with Crippen molar-refractivity contribution in [1.82, 2.24) is 0 Å². The van der Waals surface area contributed by atoms with Crippen molar-refractivity contribution >= 4 is 11.6 Å². The average molecular weight is 339 g/mol. The third kappa shape index (κ3) is 5.38. The molecule has 0 unspecified atom stereocenters. The van der Waals surface area contributed by atoms with E-state index in [0.29, 0.717) is 30.2 Å². The highest BCUT2D eigenvalue weighted by molar-refractivity contribution is 5.94. The Morgan fingerprint density at radius 3 is 2.64 bits per heavy atom. The van der Waals surface area contributed by atoms with Gasteiger partial charge in [0.2, 0.25) is 0 Å². The van der Waals surface area contributed by atoms with Crippen molar-refractivity contribution in [3.8, 4) is 11.5 Å². The highest BCUT2D eigenvalue weighted by Gasteiger charge is 2.19. The van der Waals surface area contributed by atoms with E-state index < -0.39 is 6.10 Å². The van der Waals surface area contributed by atoms with Gasteiger partial charge in [0.15, 0.2) is 6.10 Å². The molecule has 0 spiro atoms. The first kappa shape index (κ1) is 18.6. The van der Waals surface area contributed by atoms with Gasteiger partial charge in [0.25, 0.3) is 5.91 Å². The monoisotopic (exact) mass is 339 g/mol. The lowest BCUT2D eigenvalue weighted by molar-refractivity contribution is -0.122. The molecule has 0 aliphatic carbocycles. The van der Waals surface area contributed by atoms with Gasteiger partial charge in [0.05, 0.1) is 0 Å². The molecule has 2 rings (SSSR count). The van der Waals surface area contributed by atoms with Gasteiger partial charge in [-0.2, -0.15) is 0 Å². The highest BCUT2D eigenvalue weighted by Crippen LogP contribution is 2.21. The van der Waals surface area contributed by atoms with Crippen molar-refractivity contribution in [3.05, 3.63) is 66.2 Å². The molecule has 2 aromatic rings. The molecule has 0 aliphatic rings. The van der Waals surface area contributed by atoms with Crippen LogP contribution in [0.4, 0.5) is 5.69 Å². The molecule has 1 N–H and O–H groups in total. The van der Waals surface area contributed by atoms with E-state index in [1.807, 2.05) is 57.2 Å². The van der Waals surface area contributed by atoms with Crippen molar-refractivity contribution in [2.45, 2.75) is 33.3 Å². The fraction of sp³-hybridized carbons (Fsp3) is 0.286. The second-order valence-electron chi connectivity index (χ2n) is 5.88. The van der Waals surface area contributed by atoms with E-state index in [-0.39, 0.29) is 5.91 Å². The number of nitrogens with one attached hydrogen (secondary N) is 1. The molecule has 0 saturated carbocycles. The fourth-order valence-electron chi connectivity index (χ4n) is 2.32. The number of benzene rings is 2. The van der Waals surface area contributed by atoms with Crippen molar-refractivity contribution < 1.29 is 14.3 Å².